The fourth-order valence-corrected chi connectivity index (χ4v) is 1.70. The number of nitrogens with one attached hydrogen (secondary N) is 3. The van der Waals surface area contributed by atoms with E-state index >= 15 is 0 Å². The monoisotopic (exact) mass is 185 g/mol. The zero-order chi connectivity index (χ0) is 9.68. The Morgan fingerprint density at radius 2 is 2.38 bits per heavy atom. The van der Waals surface area contributed by atoms with Crippen LogP contribution in [0.4, 0.5) is 4.79 Å². The van der Waals surface area contributed by atoms with E-state index in [1.165, 1.54) is 12.8 Å². The summed E-state index contributed by atoms with van der Waals surface area (Å²) in [5.41, 5.74) is 0. The third-order valence-electron chi connectivity index (χ3n) is 2.63. The average Bonchev–Trinajstić information content (AvgIpc) is 2.19. The van der Waals surface area contributed by atoms with Crippen molar-refractivity contribution >= 4 is 6.03 Å². The van der Waals surface area contributed by atoms with Crippen molar-refractivity contribution in [2.24, 2.45) is 5.92 Å². The highest BCUT2D eigenvalue weighted by Crippen LogP contribution is 2.13. The van der Waals surface area contributed by atoms with Gasteiger partial charge in [0.2, 0.25) is 0 Å². The Labute approximate surface area is 79.5 Å². The van der Waals surface area contributed by atoms with Gasteiger partial charge in [-0.25, -0.2) is 4.79 Å². The molecule has 1 aliphatic heterocycles. The SMILES string of the molecule is CNC(=O)NC(C)C1CCCNC1. The summed E-state index contributed by atoms with van der Waals surface area (Å²) in [4.78, 5) is 11.0. The van der Waals surface area contributed by atoms with Crippen LogP contribution >= 0.6 is 0 Å². The van der Waals surface area contributed by atoms with Gasteiger partial charge in [-0.1, -0.05) is 0 Å². The van der Waals surface area contributed by atoms with Gasteiger partial charge in [-0.05, 0) is 38.8 Å². The van der Waals surface area contributed by atoms with Gasteiger partial charge in [0.25, 0.3) is 0 Å². The molecule has 0 spiro atoms. The van der Waals surface area contributed by atoms with Gasteiger partial charge in [0.05, 0.1) is 0 Å². The van der Waals surface area contributed by atoms with Crippen molar-refractivity contribution in [1.29, 1.82) is 0 Å². The number of hydrogen-bond donors (Lipinski definition) is 3. The molecule has 4 nitrogen and oxygen atoms in total. The molecule has 0 radical (unpaired) electrons. The van der Waals surface area contributed by atoms with Crippen LogP contribution in [0, 0.1) is 5.92 Å². The minimum absolute atomic E-state index is 0.0851. The standard InChI is InChI=1S/C9H19N3O/c1-7(12-9(13)10-2)8-4-3-5-11-6-8/h7-8,11H,3-6H2,1-2H3,(H2,10,12,13). The van der Waals surface area contributed by atoms with Gasteiger partial charge < -0.3 is 16.0 Å². The number of rotatable bonds is 2. The molecular weight excluding hydrogens is 166 g/mol. The van der Waals surface area contributed by atoms with E-state index in [4.69, 9.17) is 0 Å². The van der Waals surface area contributed by atoms with E-state index in [9.17, 15) is 4.79 Å². The van der Waals surface area contributed by atoms with E-state index in [-0.39, 0.29) is 12.1 Å². The maximum absolute atomic E-state index is 11.0. The van der Waals surface area contributed by atoms with E-state index in [1.807, 2.05) is 0 Å². The summed E-state index contributed by atoms with van der Waals surface area (Å²) >= 11 is 0. The second-order valence-corrected chi connectivity index (χ2v) is 3.62. The van der Waals surface area contributed by atoms with Crippen LogP contribution in [-0.2, 0) is 0 Å². The second kappa shape index (κ2) is 5.07. The molecule has 1 saturated heterocycles. The molecule has 0 aromatic heterocycles. The smallest absolute Gasteiger partial charge is 0.314 e. The Morgan fingerprint density at radius 3 is 2.92 bits per heavy atom. The number of amides is 2. The number of carbonyl (C=O) groups excluding carboxylic acids is 1. The van der Waals surface area contributed by atoms with Gasteiger partial charge in [0, 0.05) is 13.1 Å². The summed E-state index contributed by atoms with van der Waals surface area (Å²) in [5.74, 6) is 0.575. The zero-order valence-corrected chi connectivity index (χ0v) is 8.39. The molecule has 0 aromatic carbocycles. The second-order valence-electron chi connectivity index (χ2n) is 3.62. The van der Waals surface area contributed by atoms with E-state index in [0.717, 1.165) is 13.1 Å². The minimum atomic E-state index is -0.0851. The molecule has 0 aliphatic carbocycles. The van der Waals surface area contributed by atoms with E-state index in [0.29, 0.717) is 5.92 Å². The third-order valence-corrected chi connectivity index (χ3v) is 2.63. The van der Waals surface area contributed by atoms with Gasteiger partial charge >= 0.3 is 6.03 Å². The van der Waals surface area contributed by atoms with Crippen molar-refractivity contribution in [3.63, 3.8) is 0 Å². The number of carbonyl (C=O) groups is 1. The molecule has 2 unspecified atom stereocenters. The summed E-state index contributed by atoms with van der Waals surface area (Å²) < 4.78 is 0. The van der Waals surface area contributed by atoms with Crippen LogP contribution in [0.15, 0.2) is 0 Å². The summed E-state index contributed by atoms with van der Waals surface area (Å²) in [5, 5.41) is 8.81. The minimum Gasteiger partial charge on any atom is -0.341 e. The molecule has 76 valence electrons. The molecule has 3 N–H and O–H groups in total. The van der Waals surface area contributed by atoms with Gasteiger partial charge in [-0.15, -0.1) is 0 Å². The first-order valence-electron chi connectivity index (χ1n) is 4.93. The first kappa shape index (κ1) is 10.3. The normalized spacial score (nSPS) is 24.9. The molecule has 1 heterocycles. The van der Waals surface area contributed by atoms with Gasteiger partial charge in [-0.2, -0.15) is 0 Å². The van der Waals surface area contributed by atoms with Crippen molar-refractivity contribution in [2.45, 2.75) is 25.8 Å². The van der Waals surface area contributed by atoms with Gasteiger partial charge in [0.1, 0.15) is 0 Å². The molecule has 0 aromatic rings. The van der Waals surface area contributed by atoms with Crippen LogP contribution < -0.4 is 16.0 Å². The molecular formula is C9H19N3O. The van der Waals surface area contributed by atoms with Crippen LogP contribution in [0.2, 0.25) is 0 Å². The fourth-order valence-electron chi connectivity index (χ4n) is 1.70. The molecule has 1 rings (SSSR count). The van der Waals surface area contributed by atoms with Gasteiger partial charge in [-0.3, -0.25) is 0 Å². The highest BCUT2D eigenvalue weighted by molar-refractivity contribution is 5.73. The number of urea groups is 1. The quantitative estimate of drug-likeness (QED) is 0.579. The summed E-state index contributed by atoms with van der Waals surface area (Å²) in [6, 6.07) is 0.172. The maximum Gasteiger partial charge on any atom is 0.314 e. The van der Waals surface area contributed by atoms with E-state index in [2.05, 4.69) is 22.9 Å². The van der Waals surface area contributed by atoms with Gasteiger partial charge in [0.15, 0.2) is 0 Å². The molecule has 0 bridgehead atoms. The van der Waals surface area contributed by atoms with Crippen LogP contribution in [-0.4, -0.2) is 32.2 Å². The summed E-state index contributed by atoms with van der Waals surface area (Å²) in [6.07, 6.45) is 2.42. The van der Waals surface area contributed by atoms with Crippen LogP contribution in [0.25, 0.3) is 0 Å². The molecule has 1 aliphatic rings. The molecule has 2 amide bonds. The average molecular weight is 185 g/mol. The van der Waals surface area contributed by atoms with Crippen LogP contribution in [0.3, 0.4) is 0 Å². The lowest BCUT2D eigenvalue weighted by Crippen LogP contribution is -2.47. The maximum atomic E-state index is 11.0. The molecule has 2 atom stereocenters. The van der Waals surface area contributed by atoms with Crippen molar-refractivity contribution in [2.75, 3.05) is 20.1 Å². The molecule has 4 heteroatoms. The molecule has 1 fully saturated rings. The first-order chi connectivity index (χ1) is 6.24. The van der Waals surface area contributed by atoms with Crippen molar-refractivity contribution in [3.8, 4) is 0 Å². The summed E-state index contributed by atoms with van der Waals surface area (Å²) in [6.45, 7) is 4.20. The Morgan fingerprint density at radius 1 is 1.62 bits per heavy atom. The first-order valence-corrected chi connectivity index (χ1v) is 4.93. The lowest BCUT2D eigenvalue weighted by molar-refractivity contribution is 0.229. The Bertz CT molecular complexity index is 166. The topological polar surface area (TPSA) is 53.2 Å². The van der Waals surface area contributed by atoms with Crippen LogP contribution in [0.1, 0.15) is 19.8 Å². The Kier molecular flexibility index (Phi) is 4.02. The molecule has 13 heavy (non-hydrogen) atoms. The van der Waals surface area contributed by atoms with Crippen molar-refractivity contribution in [3.05, 3.63) is 0 Å². The summed E-state index contributed by atoms with van der Waals surface area (Å²) in [7, 11) is 1.64. The zero-order valence-electron chi connectivity index (χ0n) is 8.39. The predicted molar refractivity (Wildman–Crippen MR) is 52.6 cm³/mol. The lowest BCUT2D eigenvalue weighted by Gasteiger charge is -2.28. The Hall–Kier alpha value is -0.770. The fraction of sp³-hybridized carbons (Fsp3) is 0.889. The van der Waals surface area contributed by atoms with E-state index < -0.39 is 0 Å². The highest BCUT2D eigenvalue weighted by Gasteiger charge is 2.20. The number of hydrogen-bond acceptors (Lipinski definition) is 2. The molecule has 0 saturated carbocycles. The highest BCUT2D eigenvalue weighted by atomic mass is 16.2. The number of piperidine rings is 1. The van der Waals surface area contributed by atoms with E-state index in [1.54, 1.807) is 7.05 Å². The predicted octanol–water partition coefficient (Wildman–Crippen LogP) is 0.304. The lowest BCUT2D eigenvalue weighted by atomic mass is 9.93. The van der Waals surface area contributed by atoms with Crippen molar-refractivity contribution in [1.82, 2.24) is 16.0 Å². The van der Waals surface area contributed by atoms with Crippen molar-refractivity contribution < 1.29 is 4.79 Å². The van der Waals surface area contributed by atoms with Crippen LogP contribution in [0.5, 0.6) is 0 Å². The largest absolute Gasteiger partial charge is 0.341 e. The third kappa shape index (κ3) is 3.22. The Balaban J connectivity index is 2.28.